The predicted molar refractivity (Wildman–Crippen MR) is 116 cm³/mol. The van der Waals surface area contributed by atoms with Crippen molar-refractivity contribution in [1.82, 2.24) is 9.88 Å². The zero-order chi connectivity index (χ0) is 20.6. The summed E-state index contributed by atoms with van der Waals surface area (Å²) in [6.07, 6.45) is 1.70. The van der Waals surface area contributed by atoms with Gasteiger partial charge >= 0.3 is 0 Å². The number of aryl methyl sites for hydroxylation is 1. The smallest absolute Gasteiger partial charge is 0.253 e. The molecule has 1 heterocycles. The van der Waals surface area contributed by atoms with Crippen LogP contribution < -0.4 is 9.47 Å². The number of benzene rings is 2. The molecule has 6 heteroatoms. The van der Waals surface area contributed by atoms with Crippen molar-refractivity contribution in [2.75, 3.05) is 13.7 Å². The molecule has 0 unspecified atom stereocenters. The number of carbonyl (C=O) groups is 1. The van der Waals surface area contributed by atoms with E-state index in [2.05, 4.69) is 11.6 Å². The summed E-state index contributed by atoms with van der Waals surface area (Å²) in [5, 5.41) is 3.01. The Morgan fingerprint density at radius 1 is 1.10 bits per heavy atom. The highest BCUT2D eigenvalue weighted by atomic mass is 32.1. The first kappa shape index (κ1) is 20.6. The molecule has 0 saturated carbocycles. The van der Waals surface area contributed by atoms with Crippen molar-refractivity contribution >= 4 is 17.2 Å². The molecule has 150 valence electrons. The first-order chi connectivity index (χ1) is 14.0. The highest BCUT2D eigenvalue weighted by Crippen LogP contribution is 2.18. The normalized spacial score (nSPS) is 10.4. The van der Waals surface area contributed by atoms with Crippen LogP contribution in [0.1, 0.15) is 26.6 Å². The molecular formula is C23H24N2O3S. The van der Waals surface area contributed by atoms with Gasteiger partial charge in [-0.3, -0.25) is 4.79 Å². The molecule has 3 aromatic rings. The van der Waals surface area contributed by atoms with Gasteiger partial charge in [0.1, 0.15) is 24.7 Å². The average molecular weight is 409 g/mol. The Hall–Kier alpha value is -3.12. The van der Waals surface area contributed by atoms with Crippen LogP contribution in [-0.2, 0) is 13.2 Å². The number of carbonyl (C=O) groups excluding carboxylic acids is 1. The van der Waals surface area contributed by atoms with Gasteiger partial charge in [-0.1, -0.05) is 24.8 Å². The molecule has 1 aromatic heterocycles. The van der Waals surface area contributed by atoms with Crippen LogP contribution in [0.15, 0.2) is 66.6 Å². The van der Waals surface area contributed by atoms with E-state index in [0.717, 1.165) is 22.0 Å². The van der Waals surface area contributed by atoms with E-state index in [4.69, 9.17) is 9.47 Å². The number of amides is 1. The van der Waals surface area contributed by atoms with Crippen molar-refractivity contribution in [3.63, 3.8) is 0 Å². The van der Waals surface area contributed by atoms with Crippen LogP contribution in [0.5, 0.6) is 11.5 Å². The van der Waals surface area contributed by atoms with E-state index in [1.165, 1.54) is 0 Å². The first-order valence-corrected chi connectivity index (χ1v) is 10.1. The van der Waals surface area contributed by atoms with Crippen LogP contribution >= 0.6 is 11.3 Å². The number of nitrogens with zero attached hydrogens (tertiary/aromatic N) is 2. The lowest BCUT2D eigenvalue weighted by Crippen LogP contribution is -2.26. The van der Waals surface area contributed by atoms with Gasteiger partial charge in [0.05, 0.1) is 10.7 Å². The average Bonchev–Trinajstić information content (AvgIpc) is 3.16. The highest BCUT2D eigenvalue weighted by molar-refractivity contribution is 7.09. The molecule has 1 amide bonds. The first-order valence-electron chi connectivity index (χ1n) is 9.27. The summed E-state index contributed by atoms with van der Waals surface area (Å²) in [4.78, 5) is 18.8. The summed E-state index contributed by atoms with van der Waals surface area (Å²) < 4.78 is 11.2. The van der Waals surface area contributed by atoms with E-state index in [1.54, 1.807) is 41.5 Å². The van der Waals surface area contributed by atoms with Crippen LogP contribution in [0.4, 0.5) is 0 Å². The molecule has 0 aliphatic carbocycles. The van der Waals surface area contributed by atoms with E-state index in [-0.39, 0.29) is 5.91 Å². The molecule has 0 spiro atoms. The van der Waals surface area contributed by atoms with Gasteiger partial charge in [-0.2, -0.15) is 0 Å². The Morgan fingerprint density at radius 3 is 2.38 bits per heavy atom. The van der Waals surface area contributed by atoms with Gasteiger partial charge in [0.25, 0.3) is 5.91 Å². The van der Waals surface area contributed by atoms with Gasteiger partial charge in [0, 0.05) is 24.5 Å². The minimum absolute atomic E-state index is 0.0429. The minimum Gasteiger partial charge on any atom is -0.490 e. The summed E-state index contributed by atoms with van der Waals surface area (Å²) in [6, 6.07) is 14.9. The lowest BCUT2D eigenvalue weighted by Gasteiger charge is -2.18. The second kappa shape index (κ2) is 9.89. The summed E-state index contributed by atoms with van der Waals surface area (Å²) in [5.41, 5.74) is 2.56. The molecule has 3 rings (SSSR count). The molecule has 5 nitrogen and oxygen atoms in total. The molecule has 0 fully saturated rings. The van der Waals surface area contributed by atoms with E-state index >= 15 is 0 Å². The van der Waals surface area contributed by atoms with Crippen molar-refractivity contribution in [3.05, 3.63) is 88.4 Å². The van der Waals surface area contributed by atoms with Crippen LogP contribution in [0.25, 0.3) is 0 Å². The highest BCUT2D eigenvalue weighted by Gasteiger charge is 2.12. The molecule has 0 atom stereocenters. The van der Waals surface area contributed by atoms with Crippen molar-refractivity contribution in [3.8, 4) is 11.5 Å². The standard InChI is InChI=1S/C23H24N2O3S/c1-4-13-27-21-9-5-18(6-10-21)14-25(3)23(26)19-7-11-22(12-8-19)28-15-20-16-29-17(2)24-20/h4-12,16H,1,13-15H2,2-3H3. The maximum Gasteiger partial charge on any atom is 0.253 e. The summed E-state index contributed by atoms with van der Waals surface area (Å²) >= 11 is 1.60. The van der Waals surface area contributed by atoms with Crippen molar-refractivity contribution < 1.29 is 14.3 Å². The summed E-state index contributed by atoms with van der Waals surface area (Å²) in [5.74, 6) is 1.45. The molecule has 0 saturated heterocycles. The molecule has 0 radical (unpaired) electrons. The quantitative estimate of drug-likeness (QED) is 0.474. The van der Waals surface area contributed by atoms with Gasteiger partial charge in [-0.15, -0.1) is 11.3 Å². The van der Waals surface area contributed by atoms with Crippen molar-refractivity contribution in [2.24, 2.45) is 0 Å². The second-order valence-electron chi connectivity index (χ2n) is 6.58. The van der Waals surface area contributed by atoms with Crippen molar-refractivity contribution in [1.29, 1.82) is 0 Å². The zero-order valence-electron chi connectivity index (χ0n) is 16.6. The van der Waals surface area contributed by atoms with E-state index in [0.29, 0.717) is 31.1 Å². The summed E-state index contributed by atoms with van der Waals surface area (Å²) in [6.45, 7) is 7.01. The summed E-state index contributed by atoms with van der Waals surface area (Å²) in [7, 11) is 1.79. The molecule has 0 N–H and O–H groups in total. The lowest BCUT2D eigenvalue weighted by molar-refractivity contribution is 0.0785. The van der Waals surface area contributed by atoms with E-state index < -0.39 is 0 Å². The third-order valence-electron chi connectivity index (χ3n) is 4.21. The monoisotopic (exact) mass is 408 g/mol. The number of thiazole rings is 1. The van der Waals surface area contributed by atoms with Crippen LogP contribution in [-0.4, -0.2) is 29.4 Å². The second-order valence-corrected chi connectivity index (χ2v) is 7.64. The fourth-order valence-electron chi connectivity index (χ4n) is 2.74. The Kier molecular flexibility index (Phi) is 7.03. The van der Waals surface area contributed by atoms with E-state index in [9.17, 15) is 4.79 Å². The topological polar surface area (TPSA) is 51.7 Å². The molecule has 2 aromatic carbocycles. The zero-order valence-corrected chi connectivity index (χ0v) is 17.4. The fourth-order valence-corrected chi connectivity index (χ4v) is 3.34. The van der Waals surface area contributed by atoms with Gasteiger partial charge < -0.3 is 14.4 Å². The maximum atomic E-state index is 12.7. The maximum absolute atomic E-state index is 12.7. The molecule has 0 bridgehead atoms. The Bertz CT molecular complexity index is 949. The van der Waals surface area contributed by atoms with Crippen LogP contribution in [0, 0.1) is 6.92 Å². The Balaban J connectivity index is 1.54. The molecular weight excluding hydrogens is 384 g/mol. The fraction of sp³-hybridized carbons (Fsp3) is 0.217. The SMILES string of the molecule is C=CCOc1ccc(CN(C)C(=O)c2ccc(OCc3csc(C)n3)cc2)cc1. The minimum atomic E-state index is -0.0429. The number of ether oxygens (including phenoxy) is 2. The third kappa shape index (κ3) is 5.93. The van der Waals surface area contributed by atoms with Crippen LogP contribution in [0.3, 0.4) is 0 Å². The third-order valence-corrected chi connectivity index (χ3v) is 5.03. The molecule has 0 aliphatic heterocycles. The van der Waals surface area contributed by atoms with Gasteiger partial charge in [-0.05, 0) is 48.9 Å². The van der Waals surface area contributed by atoms with Gasteiger partial charge in [-0.25, -0.2) is 4.98 Å². The van der Waals surface area contributed by atoms with Gasteiger partial charge in [0.2, 0.25) is 0 Å². The number of rotatable bonds is 9. The predicted octanol–water partition coefficient (Wildman–Crippen LogP) is 4.87. The molecule has 29 heavy (non-hydrogen) atoms. The molecule has 0 aliphatic rings. The Labute approximate surface area is 175 Å². The number of aromatic nitrogens is 1. The van der Waals surface area contributed by atoms with Crippen molar-refractivity contribution in [2.45, 2.75) is 20.1 Å². The van der Waals surface area contributed by atoms with Gasteiger partial charge in [0.15, 0.2) is 0 Å². The Morgan fingerprint density at radius 2 is 1.76 bits per heavy atom. The lowest BCUT2D eigenvalue weighted by atomic mass is 10.1. The van der Waals surface area contributed by atoms with Crippen LogP contribution in [0.2, 0.25) is 0 Å². The van der Waals surface area contributed by atoms with E-state index in [1.807, 2.05) is 48.7 Å². The largest absolute Gasteiger partial charge is 0.490 e. The number of hydrogen-bond acceptors (Lipinski definition) is 5. The number of hydrogen-bond donors (Lipinski definition) is 0.